The van der Waals surface area contributed by atoms with Gasteiger partial charge >= 0.3 is 0 Å². The second kappa shape index (κ2) is 7.91. The quantitative estimate of drug-likeness (QED) is 0.729. The minimum atomic E-state index is 0.603. The zero-order valence-electron chi connectivity index (χ0n) is 9.79. The van der Waals surface area contributed by atoms with Crippen LogP contribution in [-0.2, 0) is 4.74 Å². The third-order valence-corrected chi connectivity index (χ3v) is 2.44. The molecule has 0 amide bonds. The summed E-state index contributed by atoms with van der Waals surface area (Å²) in [5.74, 6) is 0. The zero-order valence-corrected chi connectivity index (χ0v) is 10.5. The molecule has 0 aliphatic heterocycles. The molecule has 1 aromatic rings. The molecule has 0 saturated carbocycles. The molecule has 0 aromatic heterocycles. The van der Waals surface area contributed by atoms with Crippen molar-refractivity contribution in [3.05, 3.63) is 28.8 Å². The Balaban J connectivity index is 2.36. The van der Waals surface area contributed by atoms with Gasteiger partial charge < -0.3 is 15.4 Å². The summed E-state index contributed by atoms with van der Waals surface area (Å²) in [4.78, 5) is 0. The van der Waals surface area contributed by atoms with Crippen LogP contribution in [0.25, 0.3) is 0 Å². The lowest BCUT2D eigenvalue weighted by Crippen LogP contribution is -2.25. The molecule has 4 nitrogen and oxygen atoms in total. The number of hydrogen-bond acceptors (Lipinski definition) is 4. The number of rotatable bonds is 7. The van der Waals surface area contributed by atoms with Crippen molar-refractivity contribution in [3.63, 3.8) is 0 Å². The topological polar surface area (TPSA) is 57.1 Å². The number of ether oxygens (including phenoxy) is 1. The first-order valence-electron chi connectivity index (χ1n) is 5.41. The fourth-order valence-electron chi connectivity index (χ4n) is 1.35. The molecule has 0 saturated heterocycles. The van der Waals surface area contributed by atoms with Gasteiger partial charge in [-0.2, -0.15) is 5.26 Å². The Bertz CT molecular complexity index is 390. The molecule has 92 valence electrons. The third kappa shape index (κ3) is 5.05. The zero-order chi connectivity index (χ0) is 12.5. The summed E-state index contributed by atoms with van der Waals surface area (Å²) in [6.07, 6.45) is 0. The number of halogens is 1. The number of nitrogens with zero attached hydrogens (tertiary/aromatic N) is 1. The Hall–Kier alpha value is -1.28. The molecule has 0 atom stereocenters. The van der Waals surface area contributed by atoms with E-state index in [1.807, 2.05) is 0 Å². The lowest BCUT2D eigenvalue weighted by molar-refractivity contribution is 0.200. The van der Waals surface area contributed by atoms with Gasteiger partial charge in [0, 0.05) is 31.8 Å². The van der Waals surface area contributed by atoms with Crippen LogP contribution in [-0.4, -0.2) is 33.4 Å². The van der Waals surface area contributed by atoms with E-state index in [1.165, 1.54) is 0 Å². The normalized spacial score (nSPS) is 9.94. The van der Waals surface area contributed by atoms with Gasteiger partial charge in [0.2, 0.25) is 0 Å². The van der Waals surface area contributed by atoms with Crippen LogP contribution in [0.5, 0.6) is 0 Å². The number of hydrogen-bond donors (Lipinski definition) is 2. The molecule has 0 aliphatic rings. The predicted octanol–water partition coefficient (Wildman–Crippen LogP) is 1.86. The molecule has 0 aliphatic carbocycles. The van der Waals surface area contributed by atoms with Crippen molar-refractivity contribution in [2.45, 2.75) is 0 Å². The van der Waals surface area contributed by atoms with Crippen molar-refractivity contribution in [3.8, 4) is 6.07 Å². The van der Waals surface area contributed by atoms with Crippen molar-refractivity contribution >= 4 is 17.3 Å². The highest BCUT2D eigenvalue weighted by Crippen LogP contribution is 2.19. The highest BCUT2D eigenvalue weighted by atomic mass is 35.5. The fourth-order valence-corrected chi connectivity index (χ4v) is 1.52. The largest absolute Gasteiger partial charge is 0.383 e. The summed E-state index contributed by atoms with van der Waals surface area (Å²) >= 11 is 5.87. The Morgan fingerprint density at radius 2 is 2.18 bits per heavy atom. The van der Waals surface area contributed by atoms with Crippen LogP contribution in [0, 0.1) is 11.3 Å². The summed E-state index contributed by atoms with van der Waals surface area (Å²) in [7, 11) is 1.67. The van der Waals surface area contributed by atoms with E-state index in [4.69, 9.17) is 21.6 Å². The highest BCUT2D eigenvalue weighted by Gasteiger charge is 2.01. The Kier molecular flexibility index (Phi) is 6.41. The molecule has 0 unspecified atom stereocenters. The molecular weight excluding hydrogens is 238 g/mol. The second-order valence-electron chi connectivity index (χ2n) is 3.47. The number of methoxy groups -OCH3 is 1. The summed E-state index contributed by atoms with van der Waals surface area (Å²) in [5, 5.41) is 15.9. The average molecular weight is 254 g/mol. The Morgan fingerprint density at radius 1 is 1.35 bits per heavy atom. The first-order chi connectivity index (χ1) is 8.27. The van der Waals surface area contributed by atoms with Crippen LogP contribution in [0.15, 0.2) is 18.2 Å². The van der Waals surface area contributed by atoms with Crippen molar-refractivity contribution in [1.82, 2.24) is 5.32 Å². The van der Waals surface area contributed by atoms with Gasteiger partial charge in [0.15, 0.2) is 0 Å². The Morgan fingerprint density at radius 3 is 2.88 bits per heavy atom. The summed E-state index contributed by atoms with van der Waals surface area (Å²) in [5.41, 5.74) is 1.37. The smallest absolute Gasteiger partial charge is 0.101 e. The number of benzene rings is 1. The van der Waals surface area contributed by atoms with Gasteiger partial charge in [0.05, 0.1) is 17.9 Å². The second-order valence-corrected chi connectivity index (χ2v) is 3.91. The lowest BCUT2D eigenvalue weighted by atomic mass is 10.2. The molecule has 0 heterocycles. The fraction of sp³-hybridized carbons (Fsp3) is 0.417. The molecule has 1 rings (SSSR count). The van der Waals surface area contributed by atoms with E-state index in [0.717, 1.165) is 25.3 Å². The number of nitrogens with one attached hydrogen (secondary N) is 2. The minimum absolute atomic E-state index is 0.603. The molecule has 5 heteroatoms. The lowest BCUT2D eigenvalue weighted by Gasteiger charge is -2.09. The summed E-state index contributed by atoms with van der Waals surface area (Å²) < 4.78 is 4.92. The van der Waals surface area contributed by atoms with Crippen LogP contribution >= 0.6 is 11.6 Å². The molecule has 0 fully saturated rings. The molecule has 17 heavy (non-hydrogen) atoms. The number of nitriles is 1. The maximum atomic E-state index is 8.92. The van der Waals surface area contributed by atoms with Crippen molar-refractivity contribution in [2.24, 2.45) is 0 Å². The van der Waals surface area contributed by atoms with Crippen LogP contribution in [0.1, 0.15) is 5.56 Å². The average Bonchev–Trinajstić information content (AvgIpc) is 2.34. The van der Waals surface area contributed by atoms with E-state index >= 15 is 0 Å². The highest BCUT2D eigenvalue weighted by molar-refractivity contribution is 6.30. The van der Waals surface area contributed by atoms with Gasteiger partial charge in [-0.3, -0.25) is 0 Å². The van der Waals surface area contributed by atoms with E-state index in [9.17, 15) is 0 Å². The van der Waals surface area contributed by atoms with Crippen LogP contribution in [0.2, 0.25) is 5.02 Å². The van der Waals surface area contributed by atoms with Gasteiger partial charge in [-0.15, -0.1) is 0 Å². The van der Waals surface area contributed by atoms with E-state index in [2.05, 4.69) is 16.7 Å². The van der Waals surface area contributed by atoms with E-state index < -0.39 is 0 Å². The van der Waals surface area contributed by atoms with Gasteiger partial charge in [0.25, 0.3) is 0 Å². The monoisotopic (exact) mass is 253 g/mol. The molecule has 0 radical (unpaired) electrons. The molecule has 0 bridgehead atoms. The maximum absolute atomic E-state index is 8.92. The van der Waals surface area contributed by atoms with Gasteiger partial charge in [-0.05, 0) is 18.2 Å². The predicted molar refractivity (Wildman–Crippen MR) is 69.4 cm³/mol. The van der Waals surface area contributed by atoms with Crippen molar-refractivity contribution < 1.29 is 4.74 Å². The molecular formula is C12H16ClN3O. The molecule has 2 N–H and O–H groups in total. The third-order valence-electron chi connectivity index (χ3n) is 2.20. The minimum Gasteiger partial charge on any atom is -0.383 e. The van der Waals surface area contributed by atoms with E-state index in [0.29, 0.717) is 17.2 Å². The van der Waals surface area contributed by atoms with Crippen LogP contribution in [0.4, 0.5) is 5.69 Å². The van der Waals surface area contributed by atoms with Gasteiger partial charge in [-0.1, -0.05) is 11.6 Å². The SMILES string of the molecule is COCCNCCNc1cc(Cl)ccc1C#N. The van der Waals surface area contributed by atoms with Crippen molar-refractivity contribution in [2.75, 3.05) is 38.7 Å². The van der Waals surface area contributed by atoms with E-state index in [-0.39, 0.29) is 0 Å². The van der Waals surface area contributed by atoms with Gasteiger partial charge in [-0.25, -0.2) is 0 Å². The van der Waals surface area contributed by atoms with Crippen LogP contribution < -0.4 is 10.6 Å². The van der Waals surface area contributed by atoms with E-state index in [1.54, 1.807) is 25.3 Å². The summed E-state index contributed by atoms with van der Waals surface area (Å²) in [6, 6.07) is 7.30. The first-order valence-corrected chi connectivity index (χ1v) is 5.79. The molecule has 0 spiro atoms. The number of anilines is 1. The summed E-state index contributed by atoms with van der Waals surface area (Å²) in [6.45, 7) is 3.05. The standard InChI is InChI=1S/C12H16ClN3O/c1-17-7-6-15-4-5-16-12-8-11(13)3-2-10(12)9-14/h2-3,8,15-16H,4-7H2,1H3. The van der Waals surface area contributed by atoms with Crippen molar-refractivity contribution in [1.29, 1.82) is 5.26 Å². The maximum Gasteiger partial charge on any atom is 0.101 e. The Labute approximate surface area is 107 Å². The molecule has 1 aromatic carbocycles. The first kappa shape index (κ1) is 13.8. The van der Waals surface area contributed by atoms with Crippen LogP contribution in [0.3, 0.4) is 0 Å². The van der Waals surface area contributed by atoms with Gasteiger partial charge in [0.1, 0.15) is 6.07 Å².